The summed E-state index contributed by atoms with van der Waals surface area (Å²) in [5.41, 5.74) is 2.92. The lowest BCUT2D eigenvalue weighted by atomic mass is 9.85. The predicted octanol–water partition coefficient (Wildman–Crippen LogP) is 2.11. The zero-order valence-electron chi connectivity index (χ0n) is 15.9. The summed E-state index contributed by atoms with van der Waals surface area (Å²) in [6.45, 7) is 5.81. The fourth-order valence-electron chi connectivity index (χ4n) is 4.76. The molecule has 0 bridgehead atoms. The van der Waals surface area contributed by atoms with Gasteiger partial charge in [-0.3, -0.25) is 9.20 Å². The number of likely N-dealkylation sites (tertiary alicyclic amines) is 2. The van der Waals surface area contributed by atoms with Gasteiger partial charge in [-0.2, -0.15) is 0 Å². The Morgan fingerprint density at radius 3 is 2.85 bits per heavy atom. The van der Waals surface area contributed by atoms with Crippen molar-refractivity contribution in [1.29, 1.82) is 0 Å². The molecule has 0 aliphatic carbocycles. The normalized spacial score (nSPS) is 27.0. The summed E-state index contributed by atoms with van der Waals surface area (Å²) < 4.78 is 2.21. The molecule has 1 N–H and O–H groups in total. The fraction of sp³-hybridized carbons (Fsp3) is 0.550. The van der Waals surface area contributed by atoms with Crippen LogP contribution in [-0.4, -0.2) is 68.3 Å². The predicted molar refractivity (Wildman–Crippen MR) is 104 cm³/mol. The summed E-state index contributed by atoms with van der Waals surface area (Å²) in [7, 11) is 2.10. The number of amides is 1. The van der Waals surface area contributed by atoms with Crippen molar-refractivity contribution < 1.29 is 4.79 Å². The lowest BCUT2D eigenvalue weighted by molar-refractivity contribution is -0.136. The van der Waals surface area contributed by atoms with E-state index in [9.17, 15) is 4.79 Å². The number of imidazole rings is 1. The summed E-state index contributed by atoms with van der Waals surface area (Å²) in [4.78, 5) is 29.8. The van der Waals surface area contributed by atoms with Crippen molar-refractivity contribution in [2.24, 2.45) is 11.8 Å². The van der Waals surface area contributed by atoms with Crippen LogP contribution in [0, 0.1) is 11.8 Å². The second-order valence-electron chi connectivity index (χ2n) is 8.25. The second-order valence-corrected chi connectivity index (χ2v) is 8.25. The lowest BCUT2D eigenvalue weighted by Gasteiger charge is -2.37. The molecule has 3 atom stereocenters. The Balaban J connectivity index is 1.48. The minimum Gasteiger partial charge on any atom is -0.345 e. The molecule has 2 saturated heterocycles. The van der Waals surface area contributed by atoms with Gasteiger partial charge in [-0.25, -0.2) is 9.97 Å². The molecule has 0 radical (unpaired) electrons. The average molecular weight is 366 g/mol. The standard InChI is InChI=1S/C20H26N6O/c1-13-4-8-25(20(27)14-5-7-24(2)11-14)12-16(13)19-23-10-15-9-22-18-17(26(15)19)3-6-21-18/h3,6,9-10,13-14,16,21H,4-5,7-8,11-12H2,1-2H3/t13-,14-,16+/m1/s1. The Hall–Kier alpha value is -2.41. The van der Waals surface area contributed by atoms with E-state index in [2.05, 4.69) is 38.1 Å². The number of hydrogen-bond acceptors (Lipinski definition) is 4. The van der Waals surface area contributed by atoms with Gasteiger partial charge in [-0.05, 0) is 38.4 Å². The number of piperidine rings is 1. The highest BCUT2D eigenvalue weighted by Crippen LogP contribution is 2.34. The van der Waals surface area contributed by atoms with E-state index >= 15 is 0 Å². The van der Waals surface area contributed by atoms with Crippen LogP contribution in [0.1, 0.15) is 31.5 Å². The van der Waals surface area contributed by atoms with Gasteiger partial charge in [0.05, 0.1) is 29.3 Å². The van der Waals surface area contributed by atoms with Gasteiger partial charge in [-0.1, -0.05) is 6.92 Å². The van der Waals surface area contributed by atoms with Gasteiger partial charge >= 0.3 is 0 Å². The highest BCUT2D eigenvalue weighted by atomic mass is 16.2. The van der Waals surface area contributed by atoms with E-state index < -0.39 is 0 Å². The molecule has 1 amide bonds. The van der Waals surface area contributed by atoms with Crippen LogP contribution in [0.2, 0.25) is 0 Å². The van der Waals surface area contributed by atoms with Gasteiger partial charge in [0, 0.05) is 31.7 Å². The molecule has 0 aromatic carbocycles. The SMILES string of the molecule is C[C@@H]1CCN(C(=O)[C@@H]2CCN(C)C2)C[C@@H]1c1ncc2cnc3[nH]ccc3n12. The minimum atomic E-state index is 0.154. The second kappa shape index (κ2) is 6.34. The molecule has 2 aliphatic rings. The maximum absolute atomic E-state index is 13.1. The number of hydrogen-bond donors (Lipinski definition) is 1. The molecule has 0 unspecified atom stereocenters. The molecule has 3 aromatic rings. The van der Waals surface area contributed by atoms with Crippen molar-refractivity contribution >= 4 is 22.6 Å². The number of aromatic nitrogens is 4. The molecule has 27 heavy (non-hydrogen) atoms. The van der Waals surface area contributed by atoms with Crippen molar-refractivity contribution in [2.45, 2.75) is 25.7 Å². The van der Waals surface area contributed by atoms with Crippen LogP contribution >= 0.6 is 0 Å². The molecular formula is C20H26N6O. The van der Waals surface area contributed by atoms with Gasteiger partial charge in [0.2, 0.25) is 5.91 Å². The molecule has 5 rings (SSSR count). The third-order valence-corrected chi connectivity index (χ3v) is 6.43. The van der Waals surface area contributed by atoms with Crippen molar-refractivity contribution in [3.8, 4) is 0 Å². The van der Waals surface area contributed by atoms with Gasteiger partial charge in [0.15, 0.2) is 5.65 Å². The molecule has 7 heteroatoms. The topological polar surface area (TPSA) is 69.5 Å². The van der Waals surface area contributed by atoms with Crippen molar-refractivity contribution in [1.82, 2.24) is 29.2 Å². The van der Waals surface area contributed by atoms with Crippen LogP contribution in [0.5, 0.6) is 0 Å². The van der Waals surface area contributed by atoms with Crippen LogP contribution < -0.4 is 0 Å². The third kappa shape index (κ3) is 2.72. The van der Waals surface area contributed by atoms with Gasteiger partial charge < -0.3 is 14.8 Å². The van der Waals surface area contributed by atoms with Crippen LogP contribution in [0.4, 0.5) is 0 Å². The molecule has 3 aromatic heterocycles. The fourth-order valence-corrected chi connectivity index (χ4v) is 4.76. The number of carbonyl (C=O) groups is 1. The first-order chi connectivity index (χ1) is 13.1. The van der Waals surface area contributed by atoms with E-state index in [0.29, 0.717) is 11.8 Å². The summed E-state index contributed by atoms with van der Waals surface area (Å²) >= 11 is 0. The highest BCUT2D eigenvalue weighted by molar-refractivity contribution is 5.80. The number of nitrogens with zero attached hydrogens (tertiary/aromatic N) is 5. The first-order valence-electron chi connectivity index (χ1n) is 9.88. The number of rotatable bonds is 2. The molecule has 7 nitrogen and oxygen atoms in total. The Morgan fingerprint density at radius 1 is 1.19 bits per heavy atom. The molecule has 2 aliphatic heterocycles. The summed E-state index contributed by atoms with van der Waals surface area (Å²) in [6.07, 6.45) is 7.68. The zero-order chi connectivity index (χ0) is 18.5. The van der Waals surface area contributed by atoms with Crippen LogP contribution in [0.3, 0.4) is 0 Å². The Bertz CT molecular complexity index is 991. The maximum Gasteiger partial charge on any atom is 0.227 e. The molecule has 5 heterocycles. The molecule has 0 saturated carbocycles. The van der Waals surface area contributed by atoms with Gasteiger partial charge in [0.25, 0.3) is 0 Å². The number of fused-ring (bicyclic) bond motifs is 3. The summed E-state index contributed by atoms with van der Waals surface area (Å²) in [5.74, 6) is 2.26. The quantitative estimate of drug-likeness (QED) is 0.754. The molecule has 0 spiro atoms. The molecule has 142 valence electrons. The monoisotopic (exact) mass is 366 g/mol. The van der Waals surface area contributed by atoms with E-state index in [0.717, 1.165) is 61.5 Å². The van der Waals surface area contributed by atoms with Crippen LogP contribution in [0.25, 0.3) is 16.7 Å². The van der Waals surface area contributed by atoms with Gasteiger partial charge in [-0.15, -0.1) is 0 Å². The van der Waals surface area contributed by atoms with Crippen molar-refractivity contribution in [3.63, 3.8) is 0 Å². The number of aromatic amines is 1. The number of nitrogens with one attached hydrogen (secondary N) is 1. The van der Waals surface area contributed by atoms with E-state index in [1.807, 2.05) is 24.7 Å². The highest BCUT2D eigenvalue weighted by Gasteiger charge is 2.36. The number of H-pyrrole nitrogens is 1. The Kier molecular flexibility index (Phi) is 3.93. The summed E-state index contributed by atoms with van der Waals surface area (Å²) in [5, 5.41) is 0. The summed E-state index contributed by atoms with van der Waals surface area (Å²) in [6, 6.07) is 2.05. The first kappa shape index (κ1) is 16.7. The maximum atomic E-state index is 13.1. The Morgan fingerprint density at radius 2 is 2.04 bits per heavy atom. The average Bonchev–Trinajstić information content (AvgIpc) is 3.39. The zero-order valence-corrected chi connectivity index (χ0v) is 15.9. The van der Waals surface area contributed by atoms with Crippen LogP contribution in [0.15, 0.2) is 24.7 Å². The largest absolute Gasteiger partial charge is 0.345 e. The molecule has 2 fully saturated rings. The smallest absolute Gasteiger partial charge is 0.227 e. The lowest BCUT2D eigenvalue weighted by Crippen LogP contribution is -2.45. The van der Waals surface area contributed by atoms with E-state index in [-0.39, 0.29) is 11.8 Å². The molecular weight excluding hydrogens is 340 g/mol. The van der Waals surface area contributed by atoms with E-state index in [1.165, 1.54) is 0 Å². The van der Waals surface area contributed by atoms with E-state index in [1.54, 1.807) is 0 Å². The van der Waals surface area contributed by atoms with Crippen molar-refractivity contribution in [3.05, 3.63) is 30.5 Å². The van der Waals surface area contributed by atoms with Crippen molar-refractivity contribution in [2.75, 3.05) is 33.2 Å². The first-order valence-corrected chi connectivity index (χ1v) is 9.88. The van der Waals surface area contributed by atoms with Gasteiger partial charge in [0.1, 0.15) is 5.82 Å². The minimum absolute atomic E-state index is 0.154. The van der Waals surface area contributed by atoms with Crippen LogP contribution in [-0.2, 0) is 4.79 Å². The van der Waals surface area contributed by atoms with E-state index in [4.69, 9.17) is 4.98 Å². The number of carbonyl (C=O) groups excluding carboxylic acids is 1. The third-order valence-electron chi connectivity index (χ3n) is 6.43. The Labute approximate surface area is 158 Å².